The molecule has 1 aromatic heterocycles. The molecule has 3 aromatic carbocycles. The molecular formula is C22H22N4O3S. The molecule has 1 atom stereocenters. The minimum Gasteiger partial charge on any atom is -0.389 e. The molecule has 4 aromatic rings. The predicted molar refractivity (Wildman–Crippen MR) is 116 cm³/mol. The normalized spacial score (nSPS) is 12.7. The summed E-state index contributed by atoms with van der Waals surface area (Å²) in [4.78, 5) is 0.176. The second-order valence-corrected chi connectivity index (χ2v) is 8.96. The minimum absolute atomic E-state index is 0.117. The van der Waals surface area contributed by atoms with Gasteiger partial charge in [0, 0.05) is 0 Å². The summed E-state index contributed by atoms with van der Waals surface area (Å²) in [6.07, 6.45) is -0.990. The maximum Gasteiger partial charge on any atom is 0.264 e. The Morgan fingerprint density at radius 2 is 1.63 bits per heavy atom. The first kappa shape index (κ1) is 20.1. The van der Waals surface area contributed by atoms with Crippen molar-refractivity contribution in [2.75, 3.05) is 10.8 Å². The van der Waals surface area contributed by atoms with E-state index < -0.39 is 16.1 Å². The van der Waals surface area contributed by atoms with Crippen LogP contribution in [-0.2, 0) is 16.6 Å². The molecule has 30 heavy (non-hydrogen) atoms. The molecule has 7 nitrogen and oxygen atoms in total. The van der Waals surface area contributed by atoms with E-state index in [-0.39, 0.29) is 18.0 Å². The van der Waals surface area contributed by atoms with Crippen LogP contribution in [0.2, 0.25) is 0 Å². The monoisotopic (exact) mass is 422 g/mol. The van der Waals surface area contributed by atoms with Crippen molar-refractivity contribution in [3.63, 3.8) is 0 Å². The van der Waals surface area contributed by atoms with Crippen LogP contribution in [0, 0.1) is 6.92 Å². The third-order valence-electron chi connectivity index (χ3n) is 4.83. The Labute approximate surface area is 175 Å². The number of nitrogens with zero attached hydrogens (tertiary/aromatic N) is 4. The molecule has 0 fully saturated rings. The number of benzene rings is 3. The van der Waals surface area contributed by atoms with Gasteiger partial charge in [-0.3, -0.25) is 4.31 Å². The summed E-state index contributed by atoms with van der Waals surface area (Å²) in [6, 6.07) is 22.9. The van der Waals surface area contributed by atoms with E-state index in [1.165, 1.54) is 4.31 Å². The van der Waals surface area contributed by atoms with Crippen molar-refractivity contribution in [1.29, 1.82) is 0 Å². The second-order valence-electron chi connectivity index (χ2n) is 7.10. The van der Waals surface area contributed by atoms with Gasteiger partial charge in [0.2, 0.25) is 0 Å². The number of sulfonamides is 1. The van der Waals surface area contributed by atoms with Gasteiger partial charge in [0.1, 0.15) is 5.52 Å². The molecule has 8 heteroatoms. The molecule has 0 bridgehead atoms. The van der Waals surface area contributed by atoms with Crippen LogP contribution in [0.4, 0.5) is 5.69 Å². The number of aliphatic hydroxyl groups is 1. The van der Waals surface area contributed by atoms with E-state index in [1.54, 1.807) is 53.2 Å². The average Bonchev–Trinajstić information content (AvgIpc) is 3.16. The maximum atomic E-state index is 13.4. The fourth-order valence-corrected chi connectivity index (χ4v) is 4.78. The zero-order valence-corrected chi connectivity index (χ0v) is 17.3. The van der Waals surface area contributed by atoms with E-state index >= 15 is 0 Å². The number of rotatable bonds is 7. The number of aliphatic hydroxyl groups excluding tert-OH is 1. The van der Waals surface area contributed by atoms with E-state index in [9.17, 15) is 13.5 Å². The second kappa shape index (κ2) is 8.25. The van der Waals surface area contributed by atoms with E-state index in [0.29, 0.717) is 5.69 Å². The number of para-hydroxylation sites is 2. The number of fused-ring (bicyclic) bond motifs is 1. The Morgan fingerprint density at radius 1 is 0.967 bits per heavy atom. The highest BCUT2D eigenvalue weighted by Gasteiger charge is 2.27. The Kier molecular flexibility index (Phi) is 5.52. The first-order valence-corrected chi connectivity index (χ1v) is 11.0. The minimum atomic E-state index is -3.86. The van der Waals surface area contributed by atoms with Gasteiger partial charge in [0.05, 0.1) is 35.3 Å². The summed E-state index contributed by atoms with van der Waals surface area (Å²) in [5.41, 5.74) is 2.96. The van der Waals surface area contributed by atoms with Gasteiger partial charge in [-0.1, -0.05) is 53.2 Å². The zero-order chi connectivity index (χ0) is 21.1. The largest absolute Gasteiger partial charge is 0.389 e. The summed E-state index contributed by atoms with van der Waals surface area (Å²) >= 11 is 0. The maximum absolute atomic E-state index is 13.4. The van der Waals surface area contributed by atoms with Crippen LogP contribution in [0.1, 0.15) is 5.56 Å². The highest BCUT2D eigenvalue weighted by Crippen LogP contribution is 2.24. The van der Waals surface area contributed by atoms with Gasteiger partial charge in [-0.2, -0.15) is 0 Å². The van der Waals surface area contributed by atoms with Gasteiger partial charge >= 0.3 is 0 Å². The number of hydrogen-bond donors (Lipinski definition) is 1. The average molecular weight is 423 g/mol. The van der Waals surface area contributed by atoms with Crippen LogP contribution in [-0.4, -0.2) is 41.2 Å². The summed E-state index contributed by atoms with van der Waals surface area (Å²) in [5, 5.41) is 18.9. The van der Waals surface area contributed by atoms with Crippen molar-refractivity contribution in [2.24, 2.45) is 0 Å². The lowest BCUT2D eigenvalue weighted by Crippen LogP contribution is -2.39. The van der Waals surface area contributed by atoms with Crippen molar-refractivity contribution in [3.05, 3.63) is 84.4 Å². The lowest BCUT2D eigenvalue weighted by atomic mass is 10.2. The highest BCUT2D eigenvalue weighted by molar-refractivity contribution is 7.92. The van der Waals surface area contributed by atoms with Gasteiger partial charge in [-0.05, 0) is 43.3 Å². The Bertz CT molecular complexity index is 1240. The molecule has 0 spiro atoms. The van der Waals surface area contributed by atoms with Crippen LogP contribution < -0.4 is 4.31 Å². The SMILES string of the molecule is Cc1ccc(S(=O)(=O)N(CC(O)Cn2nnc3ccccc32)c2ccccc2)cc1. The molecule has 0 aliphatic carbocycles. The summed E-state index contributed by atoms with van der Waals surface area (Å²) in [7, 11) is -3.86. The number of anilines is 1. The molecule has 0 aliphatic rings. The fraction of sp³-hybridized carbons (Fsp3) is 0.182. The number of aromatic nitrogens is 3. The summed E-state index contributed by atoms with van der Waals surface area (Å²) in [5.74, 6) is 0. The molecule has 0 saturated heterocycles. The van der Waals surface area contributed by atoms with E-state index in [0.717, 1.165) is 16.6 Å². The first-order chi connectivity index (χ1) is 14.4. The van der Waals surface area contributed by atoms with Crippen LogP contribution >= 0.6 is 0 Å². The Morgan fingerprint density at radius 3 is 2.37 bits per heavy atom. The smallest absolute Gasteiger partial charge is 0.264 e. The zero-order valence-electron chi connectivity index (χ0n) is 16.5. The fourth-order valence-electron chi connectivity index (χ4n) is 3.28. The van der Waals surface area contributed by atoms with Crippen molar-refractivity contribution in [3.8, 4) is 0 Å². The summed E-state index contributed by atoms with van der Waals surface area (Å²) in [6.45, 7) is 1.90. The Balaban J connectivity index is 1.64. The van der Waals surface area contributed by atoms with Crippen LogP contribution in [0.15, 0.2) is 83.8 Å². The van der Waals surface area contributed by atoms with E-state index in [1.807, 2.05) is 37.3 Å². The molecule has 154 valence electrons. The van der Waals surface area contributed by atoms with Crippen molar-refractivity contribution in [1.82, 2.24) is 15.0 Å². The standard InChI is InChI=1S/C22H22N4O3S/c1-17-11-13-20(14-12-17)30(28,29)26(18-7-3-2-4-8-18)16-19(27)15-25-22-10-6-5-9-21(22)23-24-25/h2-14,19,27H,15-16H2,1H3. The van der Waals surface area contributed by atoms with E-state index in [4.69, 9.17) is 0 Å². The molecule has 1 unspecified atom stereocenters. The van der Waals surface area contributed by atoms with Crippen LogP contribution in [0.25, 0.3) is 11.0 Å². The quantitative estimate of drug-likeness (QED) is 0.495. The van der Waals surface area contributed by atoms with Gasteiger partial charge in [0.15, 0.2) is 0 Å². The van der Waals surface area contributed by atoms with Crippen LogP contribution in [0.5, 0.6) is 0 Å². The molecule has 0 saturated carbocycles. The van der Waals surface area contributed by atoms with Gasteiger partial charge < -0.3 is 5.11 Å². The first-order valence-electron chi connectivity index (χ1n) is 9.56. The van der Waals surface area contributed by atoms with E-state index in [2.05, 4.69) is 10.3 Å². The molecule has 1 N–H and O–H groups in total. The van der Waals surface area contributed by atoms with Crippen molar-refractivity contribution >= 4 is 26.7 Å². The van der Waals surface area contributed by atoms with Crippen LogP contribution in [0.3, 0.4) is 0 Å². The number of hydrogen-bond acceptors (Lipinski definition) is 5. The van der Waals surface area contributed by atoms with Gasteiger partial charge in [-0.15, -0.1) is 5.10 Å². The molecule has 0 radical (unpaired) electrons. The Hall–Kier alpha value is -3.23. The molecular weight excluding hydrogens is 400 g/mol. The number of aryl methyl sites for hydroxylation is 1. The molecule has 4 rings (SSSR count). The topological polar surface area (TPSA) is 88.3 Å². The molecule has 0 aliphatic heterocycles. The third-order valence-corrected chi connectivity index (χ3v) is 6.64. The lowest BCUT2D eigenvalue weighted by Gasteiger charge is -2.27. The lowest BCUT2D eigenvalue weighted by molar-refractivity contribution is 0.159. The third kappa shape index (κ3) is 4.05. The molecule has 1 heterocycles. The van der Waals surface area contributed by atoms with Crippen molar-refractivity contribution in [2.45, 2.75) is 24.5 Å². The van der Waals surface area contributed by atoms with Crippen molar-refractivity contribution < 1.29 is 13.5 Å². The molecule has 0 amide bonds. The summed E-state index contributed by atoms with van der Waals surface area (Å²) < 4.78 is 29.6. The van der Waals surface area contributed by atoms with Gasteiger partial charge in [-0.25, -0.2) is 13.1 Å². The van der Waals surface area contributed by atoms with Gasteiger partial charge in [0.25, 0.3) is 10.0 Å². The highest BCUT2D eigenvalue weighted by atomic mass is 32.2. The predicted octanol–water partition coefficient (Wildman–Crippen LogP) is 3.00.